The van der Waals surface area contributed by atoms with Gasteiger partial charge in [-0.05, 0) is 60.3 Å². The second-order valence-corrected chi connectivity index (χ2v) is 12.3. The Labute approximate surface area is 256 Å². The number of amides is 1. The van der Waals surface area contributed by atoms with Crippen LogP contribution in [0.4, 0.5) is 19.0 Å². The summed E-state index contributed by atoms with van der Waals surface area (Å²) in [5.74, 6) is -2.08. The normalized spacial score (nSPS) is 25.0. The number of hydrogen-bond donors (Lipinski definition) is 3. The molecule has 0 radical (unpaired) electrons. The molecule has 3 fully saturated rings. The molecule has 3 aliphatic rings. The molecule has 2 aromatic heterocycles. The molecule has 5 heterocycles. The molecule has 10 nitrogen and oxygen atoms in total. The van der Waals surface area contributed by atoms with Gasteiger partial charge in [-0.1, -0.05) is 13.0 Å². The number of aliphatic hydroxyl groups is 1. The van der Waals surface area contributed by atoms with Gasteiger partial charge < -0.3 is 25.6 Å². The number of hydrogen-bond acceptors (Lipinski definition) is 9. The maximum atomic E-state index is 16.7. The van der Waals surface area contributed by atoms with E-state index in [1.165, 1.54) is 35.4 Å². The number of nitrogens with zero attached hydrogens (tertiary/aromatic N) is 5. The third kappa shape index (κ3) is 4.88. The van der Waals surface area contributed by atoms with E-state index in [0.717, 1.165) is 19.4 Å². The number of carbonyl (C=O) groups is 1. The quantitative estimate of drug-likeness (QED) is 0.281. The van der Waals surface area contributed by atoms with Gasteiger partial charge in [-0.2, -0.15) is 9.97 Å². The molecule has 4 aromatic rings. The second-order valence-electron chi connectivity index (χ2n) is 12.3. The van der Waals surface area contributed by atoms with Crippen LogP contribution in [0.3, 0.4) is 0 Å². The molecule has 2 aromatic carbocycles. The number of aryl methyl sites for hydroxylation is 1. The first-order chi connectivity index (χ1) is 21.6. The number of halogens is 3. The topological polar surface area (TPSA) is 138 Å². The number of nitrogens with two attached hydrogens (primary N) is 1. The third-order valence-electron chi connectivity index (χ3n) is 9.52. The van der Waals surface area contributed by atoms with E-state index in [-0.39, 0.29) is 59.3 Å². The fraction of sp³-hybridized carbons (Fsp3) is 0.438. The average Bonchev–Trinajstić information content (AvgIpc) is 3.67. The second kappa shape index (κ2) is 11.0. The number of ether oxygens (including phenoxy) is 1. The summed E-state index contributed by atoms with van der Waals surface area (Å²) in [6, 6.07) is 4.50. The van der Waals surface area contributed by atoms with Crippen molar-refractivity contribution in [2.75, 3.05) is 31.1 Å². The largest absolute Gasteiger partial charge is 0.508 e. The number of aliphatic hydroxyl groups excluding tert-OH is 1. The van der Waals surface area contributed by atoms with E-state index in [1.54, 1.807) is 6.92 Å². The zero-order valence-corrected chi connectivity index (χ0v) is 24.6. The van der Waals surface area contributed by atoms with Crippen LogP contribution in [0.2, 0.25) is 0 Å². The van der Waals surface area contributed by atoms with Gasteiger partial charge in [0.05, 0.1) is 17.0 Å². The summed E-state index contributed by atoms with van der Waals surface area (Å²) in [4.78, 5) is 29.3. The summed E-state index contributed by atoms with van der Waals surface area (Å²) in [5, 5.41) is 22.0. The molecule has 0 bridgehead atoms. The van der Waals surface area contributed by atoms with E-state index in [2.05, 4.69) is 19.9 Å². The molecule has 236 valence electrons. The number of aromatic hydroxyl groups is 1. The number of phenols is 1. The molecule has 3 saturated heterocycles. The van der Waals surface area contributed by atoms with Crippen molar-refractivity contribution in [3.63, 3.8) is 0 Å². The smallest absolute Gasteiger partial charge is 0.319 e. The lowest BCUT2D eigenvalue weighted by Crippen LogP contribution is -2.43. The molecular weight excluding hydrogens is 589 g/mol. The Balaban J connectivity index is 1.40. The van der Waals surface area contributed by atoms with Crippen LogP contribution in [-0.4, -0.2) is 86.1 Å². The van der Waals surface area contributed by atoms with Crippen LogP contribution in [0.5, 0.6) is 11.8 Å². The Morgan fingerprint density at radius 1 is 1.22 bits per heavy atom. The molecule has 0 saturated carbocycles. The fourth-order valence-corrected chi connectivity index (χ4v) is 7.49. The summed E-state index contributed by atoms with van der Waals surface area (Å²) >= 11 is 0. The Hall–Kier alpha value is -4.23. The summed E-state index contributed by atoms with van der Waals surface area (Å²) < 4.78 is 52.2. The number of fused-ring (bicyclic) bond motifs is 3. The van der Waals surface area contributed by atoms with Gasteiger partial charge >= 0.3 is 6.01 Å². The lowest BCUT2D eigenvalue weighted by molar-refractivity contribution is -0.119. The minimum absolute atomic E-state index is 0.000108. The summed E-state index contributed by atoms with van der Waals surface area (Å²) in [5.41, 5.74) is 5.29. The number of primary amides is 1. The molecule has 1 amide bonds. The van der Waals surface area contributed by atoms with Crippen LogP contribution in [0.15, 0.2) is 30.5 Å². The summed E-state index contributed by atoms with van der Waals surface area (Å²) in [6.07, 6.45) is 1.78. The highest BCUT2D eigenvalue weighted by atomic mass is 19.1. The number of carbonyl (C=O) groups excluding carboxylic acids is 1. The highest BCUT2D eigenvalue weighted by Crippen LogP contribution is 2.42. The molecule has 7 rings (SSSR count). The zero-order valence-electron chi connectivity index (χ0n) is 24.6. The molecule has 4 N–H and O–H groups in total. The van der Waals surface area contributed by atoms with Crippen molar-refractivity contribution in [3.8, 4) is 23.0 Å². The maximum Gasteiger partial charge on any atom is 0.319 e. The van der Waals surface area contributed by atoms with Crippen molar-refractivity contribution in [2.45, 2.75) is 62.9 Å². The van der Waals surface area contributed by atoms with E-state index >= 15 is 4.39 Å². The van der Waals surface area contributed by atoms with E-state index in [1.807, 2.05) is 0 Å². The van der Waals surface area contributed by atoms with Crippen LogP contribution in [0.1, 0.15) is 38.2 Å². The number of phenolic OH excluding ortho intramolecular Hbond substituents is 1. The van der Waals surface area contributed by atoms with Gasteiger partial charge in [-0.3, -0.25) is 14.7 Å². The number of anilines is 1. The van der Waals surface area contributed by atoms with Gasteiger partial charge in [-0.15, -0.1) is 0 Å². The number of pyridine rings is 1. The summed E-state index contributed by atoms with van der Waals surface area (Å²) in [7, 11) is 0. The van der Waals surface area contributed by atoms with Crippen molar-refractivity contribution in [1.82, 2.24) is 19.9 Å². The molecule has 0 spiro atoms. The zero-order chi connectivity index (χ0) is 31.6. The molecule has 3 aliphatic heterocycles. The number of benzene rings is 2. The highest BCUT2D eigenvalue weighted by Gasteiger charge is 2.49. The standard InChI is InChI=1S/C32H33F3N6O4/c1-2-20-23(34)5-4-16-8-18(42)9-21(25(16)20)27-26(35)28-22(12-37-27)30(41-14-19(43)10-24(41)29(36)44)39-31(38-28)45-15-32-6-3-7-40(32)13-17(33)11-32/h4-5,8-9,12,17,19,24,42-43H,2-3,6-7,10-11,13-15H2,1H3,(H2,36,44)/t17-,19-,24+,32?/m1/s1. The van der Waals surface area contributed by atoms with E-state index in [4.69, 9.17) is 10.5 Å². The lowest BCUT2D eigenvalue weighted by atomic mass is 9.94. The number of aromatic nitrogens is 3. The minimum Gasteiger partial charge on any atom is -0.508 e. The summed E-state index contributed by atoms with van der Waals surface area (Å²) in [6.45, 7) is 2.93. The minimum atomic E-state index is -0.981. The SMILES string of the molecule is CCc1c(F)ccc2cc(O)cc(-c3ncc4c(N5C[C@H](O)C[C@H]5C(N)=O)nc(OCC56CCCN5C[C@H](F)C6)nc4c3F)c12. The van der Waals surface area contributed by atoms with Crippen molar-refractivity contribution in [1.29, 1.82) is 0 Å². The molecule has 4 atom stereocenters. The van der Waals surface area contributed by atoms with Crippen LogP contribution < -0.4 is 15.4 Å². The van der Waals surface area contributed by atoms with Crippen LogP contribution in [0, 0.1) is 11.6 Å². The lowest BCUT2D eigenvalue weighted by Gasteiger charge is -2.31. The molecule has 13 heteroatoms. The van der Waals surface area contributed by atoms with E-state index < -0.39 is 41.4 Å². The Morgan fingerprint density at radius 3 is 2.82 bits per heavy atom. The van der Waals surface area contributed by atoms with Gasteiger partial charge in [0.2, 0.25) is 5.91 Å². The van der Waals surface area contributed by atoms with Gasteiger partial charge in [0.25, 0.3) is 0 Å². The van der Waals surface area contributed by atoms with Crippen molar-refractivity contribution < 1.29 is 32.9 Å². The van der Waals surface area contributed by atoms with Gasteiger partial charge in [-0.25, -0.2) is 13.2 Å². The van der Waals surface area contributed by atoms with E-state index in [0.29, 0.717) is 35.7 Å². The van der Waals surface area contributed by atoms with Crippen molar-refractivity contribution in [3.05, 3.63) is 47.7 Å². The predicted molar refractivity (Wildman–Crippen MR) is 161 cm³/mol. The third-order valence-corrected chi connectivity index (χ3v) is 9.52. The van der Waals surface area contributed by atoms with Crippen LogP contribution in [0.25, 0.3) is 32.9 Å². The molecular formula is C32H33F3N6O4. The molecule has 0 aliphatic carbocycles. The van der Waals surface area contributed by atoms with Crippen LogP contribution in [-0.2, 0) is 11.2 Å². The van der Waals surface area contributed by atoms with Gasteiger partial charge in [0.15, 0.2) is 5.82 Å². The Kier molecular flexibility index (Phi) is 7.20. The van der Waals surface area contributed by atoms with E-state index in [9.17, 15) is 23.8 Å². The van der Waals surface area contributed by atoms with Crippen LogP contribution >= 0.6 is 0 Å². The molecule has 1 unspecified atom stereocenters. The number of β-amino-alcohol motifs (C(OH)–C–C–N with tert-alkyl or cyclic N) is 1. The van der Waals surface area contributed by atoms with Gasteiger partial charge in [0.1, 0.15) is 47.4 Å². The Morgan fingerprint density at radius 2 is 2.04 bits per heavy atom. The maximum absolute atomic E-state index is 16.7. The molecule has 45 heavy (non-hydrogen) atoms. The van der Waals surface area contributed by atoms with Crippen molar-refractivity contribution >= 4 is 33.4 Å². The van der Waals surface area contributed by atoms with Crippen molar-refractivity contribution in [2.24, 2.45) is 5.73 Å². The highest BCUT2D eigenvalue weighted by molar-refractivity contribution is 6.02. The first-order valence-corrected chi connectivity index (χ1v) is 15.1. The average molecular weight is 623 g/mol. The monoisotopic (exact) mass is 622 g/mol. The van der Waals surface area contributed by atoms with Gasteiger partial charge in [0, 0.05) is 37.7 Å². The first-order valence-electron chi connectivity index (χ1n) is 15.1. The predicted octanol–water partition coefficient (Wildman–Crippen LogP) is 3.77. The Bertz CT molecular complexity index is 1840. The fourth-order valence-electron chi connectivity index (χ4n) is 7.49. The first kappa shape index (κ1) is 29.5. The number of alkyl halides is 1. The number of rotatable bonds is 7.